The van der Waals surface area contributed by atoms with E-state index >= 15 is 0 Å². The summed E-state index contributed by atoms with van der Waals surface area (Å²) in [5.41, 5.74) is 1.27. The van der Waals surface area contributed by atoms with Crippen LogP contribution in [0.1, 0.15) is 70.9 Å². The molecule has 0 aliphatic carbocycles. The number of anilines is 1. The molecule has 1 aromatic rings. The van der Waals surface area contributed by atoms with Gasteiger partial charge in [0, 0.05) is 24.5 Å². The van der Waals surface area contributed by atoms with E-state index in [-0.39, 0.29) is 0 Å². The molecule has 0 aliphatic rings. The lowest BCUT2D eigenvalue weighted by molar-refractivity contribution is 0.552. The van der Waals surface area contributed by atoms with E-state index in [1.807, 2.05) is 11.3 Å². The van der Waals surface area contributed by atoms with Gasteiger partial charge in [0.15, 0.2) is 5.13 Å². The largest absolute Gasteiger partial charge is 0.348 e. The summed E-state index contributed by atoms with van der Waals surface area (Å²) >= 11 is 1.86. The van der Waals surface area contributed by atoms with Gasteiger partial charge in [-0.15, -0.1) is 11.3 Å². The molecule has 1 aromatic heterocycles. The molecule has 122 valence electrons. The Kier molecular flexibility index (Phi) is 7.67. The second-order valence-corrected chi connectivity index (χ2v) is 7.63. The van der Waals surface area contributed by atoms with Gasteiger partial charge in [-0.1, -0.05) is 41.5 Å². The monoisotopic (exact) mass is 311 g/mol. The molecule has 0 saturated heterocycles. The van der Waals surface area contributed by atoms with E-state index in [0.717, 1.165) is 13.1 Å². The van der Waals surface area contributed by atoms with Crippen LogP contribution < -0.4 is 10.2 Å². The highest BCUT2D eigenvalue weighted by Gasteiger charge is 2.19. The van der Waals surface area contributed by atoms with Crippen molar-refractivity contribution in [2.75, 3.05) is 18.5 Å². The van der Waals surface area contributed by atoms with Gasteiger partial charge in [-0.3, -0.25) is 0 Å². The van der Waals surface area contributed by atoms with Crippen LogP contribution in [0.25, 0.3) is 0 Å². The van der Waals surface area contributed by atoms with Crippen molar-refractivity contribution in [1.29, 1.82) is 0 Å². The topological polar surface area (TPSA) is 28.2 Å². The highest BCUT2D eigenvalue weighted by atomic mass is 32.1. The summed E-state index contributed by atoms with van der Waals surface area (Å²) in [5, 5.41) is 4.73. The summed E-state index contributed by atoms with van der Waals surface area (Å²) < 4.78 is 0. The standard InChI is InChI=1S/C17H33N3S/c1-8-14(9-2)20(7)17-19-16(13(5)6)15(21-17)11-18-10-12(3)4/h12-14,18H,8-11H2,1-7H3. The molecule has 1 rings (SSSR count). The maximum atomic E-state index is 4.93. The average Bonchev–Trinajstić information content (AvgIpc) is 2.84. The van der Waals surface area contributed by atoms with Gasteiger partial charge in [0.1, 0.15) is 0 Å². The summed E-state index contributed by atoms with van der Waals surface area (Å²) in [6.45, 7) is 15.5. The molecule has 0 saturated carbocycles. The fraction of sp³-hybridized carbons (Fsp3) is 0.824. The Balaban J connectivity index is 2.87. The molecule has 0 aliphatic heterocycles. The van der Waals surface area contributed by atoms with Crippen LogP contribution in [0, 0.1) is 5.92 Å². The molecule has 1 N–H and O–H groups in total. The second-order valence-electron chi connectivity index (χ2n) is 6.57. The van der Waals surface area contributed by atoms with Gasteiger partial charge < -0.3 is 10.2 Å². The van der Waals surface area contributed by atoms with Crippen LogP contribution in [0.5, 0.6) is 0 Å². The second kappa shape index (κ2) is 8.74. The molecule has 0 bridgehead atoms. The average molecular weight is 312 g/mol. The summed E-state index contributed by atoms with van der Waals surface area (Å²) in [6, 6.07) is 0.590. The number of hydrogen-bond acceptors (Lipinski definition) is 4. The van der Waals surface area contributed by atoms with Crippen molar-refractivity contribution in [3.8, 4) is 0 Å². The van der Waals surface area contributed by atoms with Crippen LogP contribution in [0.4, 0.5) is 5.13 Å². The Hall–Kier alpha value is -0.610. The van der Waals surface area contributed by atoms with Gasteiger partial charge in [0.25, 0.3) is 0 Å². The van der Waals surface area contributed by atoms with E-state index in [1.165, 1.54) is 28.5 Å². The molecule has 0 aromatic carbocycles. The lowest BCUT2D eigenvalue weighted by Crippen LogP contribution is -2.30. The van der Waals surface area contributed by atoms with Gasteiger partial charge in [-0.2, -0.15) is 0 Å². The minimum absolute atomic E-state index is 0.487. The normalized spacial score (nSPS) is 11.9. The molecule has 0 atom stereocenters. The van der Waals surface area contributed by atoms with E-state index in [4.69, 9.17) is 4.98 Å². The zero-order valence-corrected chi connectivity index (χ0v) is 15.7. The number of hydrogen-bond donors (Lipinski definition) is 1. The van der Waals surface area contributed by atoms with E-state index in [9.17, 15) is 0 Å². The van der Waals surface area contributed by atoms with Gasteiger partial charge in [-0.25, -0.2) is 4.98 Å². The highest BCUT2D eigenvalue weighted by Crippen LogP contribution is 2.31. The lowest BCUT2D eigenvalue weighted by atomic mass is 10.1. The third-order valence-electron chi connectivity index (χ3n) is 3.89. The summed E-state index contributed by atoms with van der Waals surface area (Å²) in [6.07, 6.45) is 2.34. The molecular formula is C17H33N3S. The SMILES string of the molecule is CCC(CC)N(C)c1nc(C(C)C)c(CNCC(C)C)s1. The quantitative estimate of drug-likeness (QED) is 0.720. The van der Waals surface area contributed by atoms with Gasteiger partial charge in [0.05, 0.1) is 5.69 Å². The summed E-state index contributed by atoms with van der Waals surface area (Å²) in [7, 11) is 2.19. The minimum Gasteiger partial charge on any atom is -0.348 e. The lowest BCUT2D eigenvalue weighted by Gasteiger charge is -2.25. The first kappa shape index (κ1) is 18.4. The zero-order chi connectivity index (χ0) is 16.0. The number of rotatable bonds is 9. The van der Waals surface area contributed by atoms with Crippen molar-refractivity contribution in [2.45, 2.75) is 72.9 Å². The molecule has 0 spiro atoms. The van der Waals surface area contributed by atoms with E-state index < -0.39 is 0 Å². The van der Waals surface area contributed by atoms with Crippen molar-refractivity contribution in [3.63, 3.8) is 0 Å². The fourth-order valence-corrected chi connectivity index (χ4v) is 3.76. The van der Waals surface area contributed by atoms with Crippen molar-refractivity contribution < 1.29 is 0 Å². The zero-order valence-electron chi connectivity index (χ0n) is 14.9. The van der Waals surface area contributed by atoms with Crippen LogP contribution >= 0.6 is 11.3 Å². The third kappa shape index (κ3) is 5.26. The smallest absolute Gasteiger partial charge is 0.185 e. The van der Waals surface area contributed by atoms with Crippen LogP contribution in [-0.4, -0.2) is 24.6 Å². The summed E-state index contributed by atoms with van der Waals surface area (Å²) in [4.78, 5) is 8.69. The maximum Gasteiger partial charge on any atom is 0.185 e. The molecular weight excluding hydrogens is 278 g/mol. The molecule has 4 heteroatoms. The van der Waals surface area contributed by atoms with Crippen LogP contribution in [0.2, 0.25) is 0 Å². The van der Waals surface area contributed by atoms with Gasteiger partial charge in [0.2, 0.25) is 0 Å². The highest BCUT2D eigenvalue weighted by molar-refractivity contribution is 7.15. The van der Waals surface area contributed by atoms with Crippen molar-refractivity contribution >= 4 is 16.5 Å². The van der Waals surface area contributed by atoms with Crippen LogP contribution in [-0.2, 0) is 6.54 Å². The molecule has 0 amide bonds. The molecule has 3 nitrogen and oxygen atoms in total. The Morgan fingerprint density at radius 2 is 1.76 bits per heavy atom. The minimum atomic E-state index is 0.487. The van der Waals surface area contributed by atoms with Crippen molar-refractivity contribution in [3.05, 3.63) is 10.6 Å². The summed E-state index contributed by atoms with van der Waals surface area (Å²) in [5.74, 6) is 1.17. The predicted molar refractivity (Wildman–Crippen MR) is 95.5 cm³/mol. The Labute approximate surface area is 135 Å². The Morgan fingerprint density at radius 3 is 2.24 bits per heavy atom. The Bertz CT molecular complexity index is 408. The first-order valence-electron chi connectivity index (χ1n) is 8.33. The molecule has 0 radical (unpaired) electrons. The van der Waals surface area contributed by atoms with Gasteiger partial charge >= 0.3 is 0 Å². The Morgan fingerprint density at radius 1 is 1.14 bits per heavy atom. The van der Waals surface area contributed by atoms with Crippen molar-refractivity contribution in [1.82, 2.24) is 10.3 Å². The molecule has 0 fully saturated rings. The number of aromatic nitrogens is 1. The first-order valence-corrected chi connectivity index (χ1v) is 9.15. The number of thiazole rings is 1. The molecule has 0 unspecified atom stereocenters. The van der Waals surface area contributed by atoms with Crippen LogP contribution in [0.3, 0.4) is 0 Å². The molecule has 1 heterocycles. The maximum absolute atomic E-state index is 4.93. The van der Waals surface area contributed by atoms with Crippen molar-refractivity contribution in [2.24, 2.45) is 5.92 Å². The number of nitrogens with one attached hydrogen (secondary N) is 1. The van der Waals surface area contributed by atoms with E-state index in [1.54, 1.807) is 0 Å². The first-order chi connectivity index (χ1) is 9.90. The molecule has 21 heavy (non-hydrogen) atoms. The third-order valence-corrected chi connectivity index (χ3v) is 5.05. The van der Waals surface area contributed by atoms with E-state index in [2.05, 4.69) is 58.8 Å². The van der Waals surface area contributed by atoms with Gasteiger partial charge in [-0.05, 0) is 31.2 Å². The number of nitrogens with zero attached hydrogens (tertiary/aromatic N) is 2. The van der Waals surface area contributed by atoms with Crippen LogP contribution in [0.15, 0.2) is 0 Å². The van der Waals surface area contributed by atoms with E-state index in [0.29, 0.717) is 17.9 Å². The predicted octanol–water partition coefficient (Wildman–Crippen LogP) is 4.64. The fourth-order valence-electron chi connectivity index (χ4n) is 2.55.